The first-order valence-corrected chi connectivity index (χ1v) is 7.04. The van der Waals surface area contributed by atoms with Crippen LogP contribution in [0.15, 0.2) is 36.4 Å². The second kappa shape index (κ2) is 5.44. The molecule has 0 spiro atoms. The van der Waals surface area contributed by atoms with Crippen LogP contribution >= 0.6 is 11.6 Å². The number of aryl methyl sites for hydroxylation is 1. The van der Waals surface area contributed by atoms with Crippen LogP contribution in [0.3, 0.4) is 0 Å². The number of nitrogens with two attached hydrogens (primary N) is 1. The molecule has 0 aliphatic carbocycles. The standard InChI is InChI=1S/C16H17ClN2O/c1-10-2-4-13(17)9-14(10)16(19-18)12-3-5-15-11(8-12)6-7-20-15/h2-5,8-9,16,19H,6-7,18H2,1H3. The fraction of sp³-hybridized carbons (Fsp3) is 0.250. The zero-order valence-electron chi connectivity index (χ0n) is 11.3. The molecule has 1 aliphatic rings. The molecule has 1 heterocycles. The maximum atomic E-state index is 6.11. The lowest BCUT2D eigenvalue weighted by atomic mass is 9.94. The van der Waals surface area contributed by atoms with E-state index in [-0.39, 0.29) is 6.04 Å². The van der Waals surface area contributed by atoms with Crippen LogP contribution in [0.1, 0.15) is 28.3 Å². The first-order valence-electron chi connectivity index (χ1n) is 6.67. The molecule has 0 saturated carbocycles. The number of fused-ring (bicyclic) bond motifs is 1. The van der Waals surface area contributed by atoms with Crippen LogP contribution in [0.25, 0.3) is 0 Å². The highest BCUT2D eigenvalue weighted by Crippen LogP contribution is 2.32. The highest BCUT2D eigenvalue weighted by Gasteiger charge is 2.19. The molecule has 1 unspecified atom stereocenters. The number of hydrogen-bond acceptors (Lipinski definition) is 3. The second-order valence-corrected chi connectivity index (χ2v) is 5.50. The molecule has 1 aliphatic heterocycles. The molecule has 0 aromatic heterocycles. The minimum Gasteiger partial charge on any atom is -0.493 e. The van der Waals surface area contributed by atoms with E-state index in [0.29, 0.717) is 0 Å². The van der Waals surface area contributed by atoms with Crippen molar-refractivity contribution in [1.82, 2.24) is 5.43 Å². The summed E-state index contributed by atoms with van der Waals surface area (Å²) in [5.41, 5.74) is 7.52. The number of ether oxygens (including phenoxy) is 1. The average Bonchev–Trinajstić information content (AvgIpc) is 2.91. The van der Waals surface area contributed by atoms with Crippen molar-refractivity contribution in [2.24, 2.45) is 5.84 Å². The Labute approximate surface area is 123 Å². The summed E-state index contributed by atoms with van der Waals surface area (Å²) in [6, 6.07) is 12.0. The third-order valence-corrected chi connectivity index (χ3v) is 4.00. The molecule has 0 radical (unpaired) electrons. The van der Waals surface area contributed by atoms with Crippen molar-refractivity contribution in [3.05, 3.63) is 63.7 Å². The largest absolute Gasteiger partial charge is 0.493 e. The molecule has 1 atom stereocenters. The van der Waals surface area contributed by atoms with Crippen molar-refractivity contribution in [3.63, 3.8) is 0 Å². The smallest absolute Gasteiger partial charge is 0.122 e. The van der Waals surface area contributed by atoms with E-state index in [9.17, 15) is 0 Å². The topological polar surface area (TPSA) is 47.3 Å². The summed E-state index contributed by atoms with van der Waals surface area (Å²) in [4.78, 5) is 0. The predicted molar refractivity (Wildman–Crippen MR) is 81.0 cm³/mol. The monoisotopic (exact) mass is 288 g/mol. The van der Waals surface area contributed by atoms with Gasteiger partial charge in [-0.05, 0) is 47.4 Å². The van der Waals surface area contributed by atoms with Crippen LogP contribution in [-0.2, 0) is 6.42 Å². The first-order chi connectivity index (χ1) is 9.69. The summed E-state index contributed by atoms with van der Waals surface area (Å²) >= 11 is 6.11. The Morgan fingerprint density at radius 3 is 2.90 bits per heavy atom. The van der Waals surface area contributed by atoms with E-state index < -0.39 is 0 Å². The maximum absolute atomic E-state index is 6.11. The normalized spacial score (nSPS) is 14.8. The molecule has 0 fully saturated rings. The van der Waals surface area contributed by atoms with Gasteiger partial charge >= 0.3 is 0 Å². The Hall–Kier alpha value is -1.55. The van der Waals surface area contributed by atoms with Crippen molar-refractivity contribution >= 4 is 11.6 Å². The number of hydrogen-bond donors (Lipinski definition) is 2. The molecule has 4 heteroatoms. The zero-order chi connectivity index (χ0) is 14.1. The van der Waals surface area contributed by atoms with Crippen molar-refractivity contribution in [2.75, 3.05) is 6.61 Å². The summed E-state index contributed by atoms with van der Waals surface area (Å²) in [6.45, 7) is 2.82. The lowest BCUT2D eigenvalue weighted by Crippen LogP contribution is -2.29. The zero-order valence-corrected chi connectivity index (χ0v) is 12.1. The molecular weight excluding hydrogens is 272 g/mol. The first kappa shape index (κ1) is 13.4. The van der Waals surface area contributed by atoms with Crippen LogP contribution in [0.5, 0.6) is 5.75 Å². The molecule has 3 N–H and O–H groups in total. The van der Waals surface area contributed by atoms with E-state index >= 15 is 0 Å². The van der Waals surface area contributed by atoms with Gasteiger partial charge in [-0.3, -0.25) is 5.84 Å². The second-order valence-electron chi connectivity index (χ2n) is 5.07. The summed E-state index contributed by atoms with van der Waals surface area (Å²) in [5, 5.41) is 0.718. The van der Waals surface area contributed by atoms with Crippen LogP contribution in [0, 0.1) is 6.92 Å². The van der Waals surface area contributed by atoms with E-state index in [0.717, 1.165) is 40.5 Å². The van der Waals surface area contributed by atoms with Gasteiger partial charge in [0.1, 0.15) is 5.75 Å². The van der Waals surface area contributed by atoms with Gasteiger partial charge in [0.15, 0.2) is 0 Å². The summed E-state index contributed by atoms with van der Waals surface area (Å²) in [5.74, 6) is 6.76. The van der Waals surface area contributed by atoms with Crippen LogP contribution in [0.4, 0.5) is 0 Å². The van der Waals surface area contributed by atoms with E-state index in [1.807, 2.05) is 24.3 Å². The number of rotatable bonds is 3. The maximum Gasteiger partial charge on any atom is 0.122 e. The number of nitrogens with one attached hydrogen (secondary N) is 1. The quantitative estimate of drug-likeness (QED) is 0.674. The lowest BCUT2D eigenvalue weighted by molar-refractivity contribution is 0.357. The summed E-state index contributed by atoms with van der Waals surface area (Å²) in [7, 11) is 0. The summed E-state index contributed by atoms with van der Waals surface area (Å²) < 4.78 is 5.54. The molecular formula is C16H17ClN2O. The van der Waals surface area contributed by atoms with Gasteiger partial charge in [0.25, 0.3) is 0 Å². The predicted octanol–water partition coefficient (Wildman–Crippen LogP) is 3.14. The van der Waals surface area contributed by atoms with Gasteiger partial charge in [-0.2, -0.15) is 0 Å². The molecule has 0 bridgehead atoms. The highest BCUT2D eigenvalue weighted by molar-refractivity contribution is 6.30. The molecule has 2 aromatic rings. The number of hydrazine groups is 1. The van der Waals surface area contributed by atoms with Crippen LogP contribution in [-0.4, -0.2) is 6.61 Å². The van der Waals surface area contributed by atoms with E-state index in [1.165, 1.54) is 5.56 Å². The minimum atomic E-state index is -0.0698. The van der Waals surface area contributed by atoms with Crippen LogP contribution < -0.4 is 16.0 Å². The SMILES string of the molecule is Cc1ccc(Cl)cc1C(NN)c1ccc2c(c1)CCO2. The van der Waals surface area contributed by atoms with Gasteiger partial charge in [0, 0.05) is 11.4 Å². The minimum absolute atomic E-state index is 0.0698. The van der Waals surface area contributed by atoms with Gasteiger partial charge < -0.3 is 4.74 Å². The molecule has 104 valence electrons. The molecule has 3 nitrogen and oxygen atoms in total. The third-order valence-electron chi connectivity index (χ3n) is 3.77. The van der Waals surface area contributed by atoms with E-state index in [1.54, 1.807) is 0 Å². The van der Waals surface area contributed by atoms with Gasteiger partial charge in [-0.1, -0.05) is 29.8 Å². The fourth-order valence-electron chi connectivity index (χ4n) is 2.67. The molecule has 0 saturated heterocycles. The molecule has 20 heavy (non-hydrogen) atoms. The Kier molecular flexibility index (Phi) is 3.66. The summed E-state index contributed by atoms with van der Waals surface area (Å²) in [6.07, 6.45) is 0.953. The Morgan fingerprint density at radius 2 is 2.10 bits per heavy atom. The van der Waals surface area contributed by atoms with E-state index in [4.69, 9.17) is 22.2 Å². The Bertz CT molecular complexity index is 642. The van der Waals surface area contributed by atoms with E-state index in [2.05, 4.69) is 24.5 Å². The molecule has 0 amide bonds. The Balaban J connectivity index is 2.03. The van der Waals surface area contributed by atoms with Gasteiger partial charge in [-0.25, -0.2) is 5.43 Å². The number of benzene rings is 2. The average molecular weight is 289 g/mol. The van der Waals surface area contributed by atoms with Gasteiger partial charge in [-0.15, -0.1) is 0 Å². The lowest BCUT2D eigenvalue weighted by Gasteiger charge is -2.20. The number of halogens is 1. The Morgan fingerprint density at radius 1 is 1.25 bits per heavy atom. The highest BCUT2D eigenvalue weighted by atomic mass is 35.5. The van der Waals surface area contributed by atoms with Gasteiger partial charge in [0.05, 0.1) is 12.6 Å². The molecule has 3 rings (SSSR count). The van der Waals surface area contributed by atoms with Crippen molar-refractivity contribution in [2.45, 2.75) is 19.4 Å². The van der Waals surface area contributed by atoms with Crippen molar-refractivity contribution in [1.29, 1.82) is 0 Å². The van der Waals surface area contributed by atoms with Crippen LogP contribution in [0.2, 0.25) is 5.02 Å². The fourth-order valence-corrected chi connectivity index (χ4v) is 2.85. The van der Waals surface area contributed by atoms with Gasteiger partial charge in [0.2, 0.25) is 0 Å². The third kappa shape index (κ3) is 2.40. The molecule has 2 aromatic carbocycles. The van der Waals surface area contributed by atoms with Crippen molar-refractivity contribution in [3.8, 4) is 5.75 Å². The van der Waals surface area contributed by atoms with Crippen molar-refractivity contribution < 1.29 is 4.74 Å².